The van der Waals surface area contributed by atoms with Crippen molar-refractivity contribution in [3.63, 3.8) is 0 Å². The van der Waals surface area contributed by atoms with Gasteiger partial charge in [-0.25, -0.2) is 9.97 Å². The number of rotatable bonds is 7. The van der Waals surface area contributed by atoms with Crippen molar-refractivity contribution in [2.75, 3.05) is 26.8 Å². The van der Waals surface area contributed by atoms with Crippen molar-refractivity contribution in [2.24, 2.45) is 5.92 Å². The third kappa shape index (κ3) is 4.24. The molecule has 1 aromatic rings. The molecule has 0 aromatic carbocycles. The van der Waals surface area contributed by atoms with Gasteiger partial charge in [0.2, 0.25) is 5.91 Å². The lowest BCUT2D eigenvalue weighted by Gasteiger charge is -2.16. The van der Waals surface area contributed by atoms with E-state index in [4.69, 9.17) is 4.74 Å². The summed E-state index contributed by atoms with van der Waals surface area (Å²) in [7, 11) is 1.67. The number of hydrogen-bond donors (Lipinski definition) is 0. The van der Waals surface area contributed by atoms with Crippen LogP contribution in [0.15, 0.2) is 6.20 Å². The summed E-state index contributed by atoms with van der Waals surface area (Å²) in [4.78, 5) is 22.8. The first-order valence-electron chi connectivity index (χ1n) is 7.72. The maximum atomic E-state index is 12.0. The van der Waals surface area contributed by atoms with Crippen LogP contribution in [0.4, 0.5) is 0 Å². The largest absolute Gasteiger partial charge is 0.383 e. The third-order valence-electron chi connectivity index (χ3n) is 3.94. The molecular weight excluding hydrogens is 266 g/mol. The van der Waals surface area contributed by atoms with Crippen LogP contribution in [0.2, 0.25) is 0 Å². The van der Waals surface area contributed by atoms with Crippen LogP contribution < -0.4 is 0 Å². The molecule has 0 spiro atoms. The minimum atomic E-state index is 0.236. The highest BCUT2D eigenvalue weighted by Crippen LogP contribution is 2.23. The van der Waals surface area contributed by atoms with Gasteiger partial charge in [-0.1, -0.05) is 13.3 Å². The zero-order valence-corrected chi connectivity index (χ0v) is 13.3. The minimum absolute atomic E-state index is 0.236. The van der Waals surface area contributed by atoms with Crippen molar-refractivity contribution >= 4 is 5.91 Å². The van der Waals surface area contributed by atoms with Crippen LogP contribution >= 0.6 is 0 Å². The Morgan fingerprint density at radius 2 is 2.29 bits per heavy atom. The molecule has 1 fully saturated rings. The van der Waals surface area contributed by atoms with Crippen LogP contribution in [0.3, 0.4) is 0 Å². The Hall–Kier alpha value is -1.49. The van der Waals surface area contributed by atoms with Crippen LogP contribution in [-0.2, 0) is 22.4 Å². The number of nitrogens with zero attached hydrogens (tertiary/aromatic N) is 3. The molecule has 0 N–H and O–H groups in total. The second-order valence-corrected chi connectivity index (χ2v) is 5.75. The van der Waals surface area contributed by atoms with Crippen LogP contribution in [0, 0.1) is 12.8 Å². The molecule has 1 amide bonds. The normalized spacial score (nSPS) is 18.5. The number of carbonyl (C=O) groups excluding carboxylic acids is 1. The summed E-state index contributed by atoms with van der Waals surface area (Å²) in [6, 6.07) is 0. The molecular formula is C16H25N3O2. The molecule has 116 valence electrons. The molecule has 1 aliphatic heterocycles. The van der Waals surface area contributed by atoms with Gasteiger partial charge in [-0.05, 0) is 31.2 Å². The number of likely N-dealkylation sites (tertiary alicyclic amines) is 1. The molecule has 1 atom stereocenters. The minimum Gasteiger partial charge on any atom is -0.383 e. The van der Waals surface area contributed by atoms with E-state index in [2.05, 4.69) is 16.9 Å². The molecule has 1 aromatic heterocycles. The number of aryl methyl sites for hydroxylation is 2. The van der Waals surface area contributed by atoms with Crippen LogP contribution in [-0.4, -0.2) is 47.6 Å². The van der Waals surface area contributed by atoms with Crippen molar-refractivity contribution in [2.45, 2.75) is 39.5 Å². The molecule has 21 heavy (non-hydrogen) atoms. The fourth-order valence-electron chi connectivity index (χ4n) is 2.88. The molecule has 5 nitrogen and oxygen atoms in total. The first-order chi connectivity index (χ1) is 10.1. The van der Waals surface area contributed by atoms with Gasteiger partial charge >= 0.3 is 0 Å². The predicted octanol–water partition coefficient (Wildman–Crippen LogP) is 1.77. The summed E-state index contributed by atoms with van der Waals surface area (Å²) in [5.74, 6) is 1.41. The topological polar surface area (TPSA) is 55.3 Å². The Bertz CT molecular complexity index is 490. The zero-order valence-electron chi connectivity index (χ0n) is 13.3. The van der Waals surface area contributed by atoms with Crippen molar-refractivity contribution in [1.29, 1.82) is 0 Å². The van der Waals surface area contributed by atoms with E-state index >= 15 is 0 Å². The van der Waals surface area contributed by atoms with Crippen LogP contribution in [0.5, 0.6) is 0 Å². The first-order valence-corrected chi connectivity index (χ1v) is 7.72. The Labute approximate surface area is 126 Å². The SMILES string of the molecule is CCCc1cnc(C)nc1C[C@@H]1CC(=O)N(CCOC)C1. The first kappa shape index (κ1) is 15.9. The smallest absolute Gasteiger partial charge is 0.223 e. The Morgan fingerprint density at radius 1 is 1.48 bits per heavy atom. The second kappa shape index (κ2) is 7.50. The Morgan fingerprint density at radius 3 is 3.00 bits per heavy atom. The fourth-order valence-corrected chi connectivity index (χ4v) is 2.88. The van der Waals surface area contributed by atoms with Crippen molar-refractivity contribution in [3.05, 3.63) is 23.3 Å². The molecule has 1 aliphatic rings. The fraction of sp³-hybridized carbons (Fsp3) is 0.688. The molecule has 0 saturated carbocycles. The Balaban J connectivity index is 2.02. The number of hydrogen-bond acceptors (Lipinski definition) is 4. The number of methoxy groups -OCH3 is 1. The molecule has 5 heteroatoms. The van der Waals surface area contributed by atoms with Crippen molar-refractivity contribution in [1.82, 2.24) is 14.9 Å². The van der Waals surface area contributed by atoms with E-state index in [-0.39, 0.29) is 5.91 Å². The summed E-state index contributed by atoms with van der Waals surface area (Å²) >= 11 is 0. The highest BCUT2D eigenvalue weighted by molar-refractivity contribution is 5.78. The van der Waals surface area contributed by atoms with Gasteiger partial charge < -0.3 is 9.64 Å². The van der Waals surface area contributed by atoms with E-state index in [9.17, 15) is 4.79 Å². The third-order valence-corrected chi connectivity index (χ3v) is 3.94. The molecule has 0 bridgehead atoms. The van der Waals surface area contributed by atoms with Gasteiger partial charge in [-0.3, -0.25) is 4.79 Å². The second-order valence-electron chi connectivity index (χ2n) is 5.75. The molecule has 0 aliphatic carbocycles. The van der Waals surface area contributed by atoms with Gasteiger partial charge in [-0.2, -0.15) is 0 Å². The predicted molar refractivity (Wildman–Crippen MR) is 81.0 cm³/mol. The molecule has 0 radical (unpaired) electrons. The lowest BCUT2D eigenvalue weighted by atomic mass is 9.98. The number of aromatic nitrogens is 2. The Kier molecular flexibility index (Phi) is 5.67. The maximum Gasteiger partial charge on any atom is 0.223 e. The average Bonchev–Trinajstić information content (AvgIpc) is 2.79. The zero-order chi connectivity index (χ0) is 15.2. The van der Waals surface area contributed by atoms with Gasteiger partial charge in [0.25, 0.3) is 0 Å². The highest BCUT2D eigenvalue weighted by atomic mass is 16.5. The highest BCUT2D eigenvalue weighted by Gasteiger charge is 2.30. The van der Waals surface area contributed by atoms with E-state index < -0.39 is 0 Å². The maximum absolute atomic E-state index is 12.0. The summed E-state index contributed by atoms with van der Waals surface area (Å²) in [5.41, 5.74) is 2.35. The summed E-state index contributed by atoms with van der Waals surface area (Å²) < 4.78 is 5.06. The van der Waals surface area contributed by atoms with E-state index in [0.717, 1.165) is 37.3 Å². The van der Waals surface area contributed by atoms with E-state index in [0.29, 0.717) is 25.5 Å². The van der Waals surface area contributed by atoms with Crippen LogP contribution in [0.25, 0.3) is 0 Å². The monoisotopic (exact) mass is 291 g/mol. The van der Waals surface area contributed by atoms with Gasteiger partial charge in [-0.15, -0.1) is 0 Å². The molecule has 2 heterocycles. The van der Waals surface area contributed by atoms with E-state index in [1.165, 1.54) is 5.56 Å². The molecule has 0 unspecified atom stereocenters. The number of amides is 1. The standard InChI is InChI=1S/C16H25N3O2/c1-4-5-14-10-17-12(2)18-15(14)8-13-9-16(20)19(11-13)6-7-21-3/h10,13H,4-9,11H2,1-3H3/t13-/m1/s1. The summed E-state index contributed by atoms with van der Waals surface area (Å²) in [6.07, 6.45) is 5.53. The molecule has 2 rings (SSSR count). The lowest BCUT2D eigenvalue weighted by Crippen LogP contribution is -2.29. The summed E-state index contributed by atoms with van der Waals surface area (Å²) in [6.45, 7) is 6.19. The van der Waals surface area contributed by atoms with E-state index in [1.54, 1.807) is 7.11 Å². The van der Waals surface area contributed by atoms with Gasteiger partial charge in [0.1, 0.15) is 5.82 Å². The summed E-state index contributed by atoms with van der Waals surface area (Å²) in [5, 5.41) is 0. The van der Waals surface area contributed by atoms with Crippen LogP contribution in [0.1, 0.15) is 36.8 Å². The van der Waals surface area contributed by atoms with E-state index in [1.807, 2.05) is 18.0 Å². The lowest BCUT2D eigenvalue weighted by molar-refractivity contribution is -0.128. The molecule has 1 saturated heterocycles. The van der Waals surface area contributed by atoms with Crippen molar-refractivity contribution < 1.29 is 9.53 Å². The average molecular weight is 291 g/mol. The quantitative estimate of drug-likeness (QED) is 0.768. The van der Waals surface area contributed by atoms with Gasteiger partial charge in [0, 0.05) is 38.5 Å². The number of ether oxygens (including phenoxy) is 1. The van der Waals surface area contributed by atoms with Crippen molar-refractivity contribution in [3.8, 4) is 0 Å². The van der Waals surface area contributed by atoms with Gasteiger partial charge in [0.15, 0.2) is 0 Å². The van der Waals surface area contributed by atoms with Gasteiger partial charge in [0.05, 0.1) is 6.61 Å². The number of carbonyl (C=O) groups is 1.